The summed E-state index contributed by atoms with van der Waals surface area (Å²) in [7, 11) is 1.66. The van der Waals surface area contributed by atoms with Crippen molar-refractivity contribution in [3.8, 4) is 11.4 Å². The molecule has 0 saturated carbocycles. The molecule has 0 unspecified atom stereocenters. The van der Waals surface area contributed by atoms with E-state index in [9.17, 15) is 4.79 Å². The summed E-state index contributed by atoms with van der Waals surface area (Å²) in [5, 5.41) is 10.5. The summed E-state index contributed by atoms with van der Waals surface area (Å²) < 4.78 is 7.08. The summed E-state index contributed by atoms with van der Waals surface area (Å²) >= 11 is 0. The highest BCUT2D eigenvalue weighted by Crippen LogP contribution is 2.17. The number of para-hydroxylation sites is 1. The third-order valence-electron chi connectivity index (χ3n) is 4.95. The average Bonchev–Trinajstić information content (AvgIpc) is 3.04. The SMILES string of the molecule is COc1ccc(CCCNC(=O)NCc2c(C)nn(-c3ccccc3)c2C)cc1. The molecule has 152 valence electrons. The third-order valence-corrected chi connectivity index (χ3v) is 4.95. The van der Waals surface area contributed by atoms with Crippen LogP contribution in [0, 0.1) is 13.8 Å². The molecular formula is C23H28N4O2. The van der Waals surface area contributed by atoms with Crippen LogP contribution in [-0.4, -0.2) is 29.5 Å². The van der Waals surface area contributed by atoms with Gasteiger partial charge in [0, 0.05) is 24.3 Å². The molecule has 0 radical (unpaired) electrons. The maximum absolute atomic E-state index is 12.1. The number of carbonyl (C=O) groups is 1. The minimum Gasteiger partial charge on any atom is -0.497 e. The van der Waals surface area contributed by atoms with Gasteiger partial charge in [-0.15, -0.1) is 0 Å². The zero-order chi connectivity index (χ0) is 20.6. The van der Waals surface area contributed by atoms with Crippen molar-refractivity contribution in [2.75, 3.05) is 13.7 Å². The van der Waals surface area contributed by atoms with Crippen molar-refractivity contribution in [2.24, 2.45) is 0 Å². The fourth-order valence-electron chi connectivity index (χ4n) is 3.27. The van der Waals surface area contributed by atoms with Gasteiger partial charge in [-0.05, 0) is 56.5 Å². The second-order valence-electron chi connectivity index (χ2n) is 6.96. The minimum absolute atomic E-state index is 0.161. The van der Waals surface area contributed by atoms with Crippen LogP contribution in [0.3, 0.4) is 0 Å². The predicted octanol–water partition coefficient (Wildman–Crippen LogP) is 3.93. The fourth-order valence-corrected chi connectivity index (χ4v) is 3.27. The molecule has 0 aliphatic carbocycles. The zero-order valence-corrected chi connectivity index (χ0v) is 17.2. The first-order chi connectivity index (χ1) is 14.1. The molecule has 0 aliphatic rings. The molecule has 1 aromatic heterocycles. The van der Waals surface area contributed by atoms with E-state index in [0.717, 1.165) is 41.2 Å². The van der Waals surface area contributed by atoms with Gasteiger partial charge in [0.25, 0.3) is 0 Å². The first-order valence-corrected chi connectivity index (χ1v) is 9.83. The van der Waals surface area contributed by atoms with E-state index >= 15 is 0 Å². The number of carbonyl (C=O) groups excluding carboxylic acids is 1. The van der Waals surface area contributed by atoms with Gasteiger partial charge in [0.2, 0.25) is 0 Å². The summed E-state index contributed by atoms with van der Waals surface area (Å²) in [4.78, 5) is 12.1. The van der Waals surface area contributed by atoms with E-state index in [4.69, 9.17) is 4.74 Å². The van der Waals surface area contributed by atoms with Gasteiger partial charge >= 0.3 is 6.03 Å². The van der Waals surface area contributed by atoms with E-state index in [1.807, 2.05) is 61.0 Å². The van der Waals surface area contributed by atoms with Gasteiger partial charge < -0.3 is 15.4 Å². The molecule has 29 heavy (non-hydrogen) atoms. The number of hydrogen-bond acceptors (Lipinski definition) is 3. The number of ether oxygens (including phenoxy) is 1. The molecule has 0 bridgehead atoms. The molecule has 0 aliphatic heterocycles. The van der Waals surface area contributed by atoms with Gasteiger partial charge in [0.1, 0.15) is 5.75 Å². The second-order valence-corrected chi connectivity index (χ2v) is 6.96. The van der Waals surface area contributed by atoms with Crippen LogP contribution in [-0.2, 0) is 13.0 Å². The van der Waals surface area contributed by atoms with Gasteiger partial charge in [-0.1, -0.05) is 30.3 Å². The lowest BCUT2D eigenvalue weighted by Gasteiger charge is -2.09. The van der Waals surface area contributed by atoms with Crippen molar-refractivity contribution < 1.29 is 9.53 Å². The number of aryl methyl sites for hydroxylation is 2. The number of nitrogens with zero attached hydrogens (tertiary/aromatic N) is 2. The first-order valence-electron chi connectivity index (χ1n) is 9.83. The molecular weight excluding hydrogens is 364 g/mol. The number of rotatable bonds is 8. The van der Waals surface area contributed by atoms with Crippen molar-refractivity contribution in [3.63, 3.8) is 0 Å². The summed E-state index contributed by atoms with van der Waals surface area (Å²) in [6, 6.07) is 17.8. The third kappa shape index (κ3) is 5.38. The molecule has 0 fully saturated rings. The van der Waals surface area contributed by atoms with Gasteiger partial charge in [-0.2, -0.15) is 5.10 Å². The molecule has 6 heteroatoms. The van der Waals surface area contributed by atoms with E-state index in [2.05, 4.69) is 27.9 Å². The van der Waals surface area contributed by atoms with Gasteiger partial charge in [-0.3, -0.25) is 0 Å². The van der Waals surface area contributed by atoms with Gasteiger partial charge in [0.15, 0.2) is 0 Å². The number of nitrogens with one attached hydrogen (secondary N) is 2. The molecule has 2 N–H and O–H groups in total. The van der Waals surface area contributed by atoms with Crippen LogP contribution in [0.1, 0.15) is 28.9 Å². The van der Waals surface area contributed by atoms with E-state index in [-0.39, 0.29) is 6.03 Å². The Balaban J connectivity index is 1.45. The highest BCUT2D eigenvalue weighted by molar-refractivity contribution is 5.73. The lowest BCUT2D eigenvalue weighted by Crippen LogP contribution is -2.35. The number of methoxy groups -OCH3 is 1. The molecule has 0 saturated heterocycles. The van der Waals surface area contributed by atoms with Crippen LogP contribution in [0.15, 0.2) is 54.6 Å². The lowest BCUT2D eigenvalue weighted by atomic mass is 10.1. The van der Waals surface area contributed by atoms with Gasteiger partial charge in [-0.25, -0.2) is 9.48 Å². The Bertz CT molecular complexity index is 934. The Hall–Kier alpha value is -3.28. The fraction of sp³-hybridized carbons (Fsp3) is 0.304. The topological polar surface area (TPSA) is 68.2 Å². The molecule has 2 amide bonds. The standard InChI is InChI=1S/C23H28N4O2/c1-17-22(18(2)27(26-17)20-9-5-4-6-10-20)16-25-23(28)24-15-7-8-19-11-13-21(29-3)14-12-19/h4-6,9-14H,7-8,15-16H2,1-3H3,(H2,24,25,28). The van der Waals surface area contributed by atoms with E-state index < -0.39 is 0 Å². The Morgan fingerprint density at radius 3 is 2.45 bits per heavy atom. The van der Waals surface area contributed by atoms with Crippen molar-refractivity contribution in [1.82, 2.24) is 20.4 Å². The van der Waals surface area contributed by atoms with Crippen LogP contribution in [0.5, 0.6) is 5.75 Å². The smallest absolute Gasteiger partial charge is 0.315 e. The molecule has 3 aromatic rings. The normalized spacial score (nSPS) is 10.6. The number of hydrogen-bond donors (Lipinski definition) is 2. The summed E-state index contributed by atoms with van der Waals surface area (Å²) in [6.07, 6.45) is 1.79. The molecule has 0 spiro atoms. The van der Waals surface area contributed by atoms with Crippen molar-refractivity contribution >= 4 is 6.03 Å². The van der Waals surface area contributed by atoms with E-state index in [1.165, 1.54) is 5.56 Å². The number of amides is 2. The number of urea groups is 1. The lowest BCUT2D eigenvalue weighted by molar-refractivity contribution is 0.240. The molecule has 0 atom stereocenters. The van der Waals surface area contributed by atoms with Crippen LogP contribution in [0.25, 0.3) is 5.69 Å². The van der Waals surface area contributed by atoms with Crippen molar-refractivity contribution in [1.29, 1.82) is 0 Å². The molecule has 3 rings (SSSR count). The number of benzene rings is 2. The summed E-state index contributed by atoms with van der Waals surface area (Å²) in [6.45, 7) is 5.07. The monoisotopic (exact) mass is 392 g/mol. The zero-order valence-electron chi connectivity index (χ0n) is 17.2. The number of aromatic nitrogens is 2. The maximum atomic E-state index is 12.1. The molecule has 6 nitrogen and oxygen atoms in total. The van der Waals surface area contributed by atoms with Crippen LogP contribution < -0.4 is 15.4 Å². The predicted molar refractivity (Wildman–Crippen MR) is 115 cm³/mol. The minimum atomic E-state index is -0.161. The molecule has 1 heterocycles. The highest BCUT2D eigenvalue weighted by Gasteiger charge is 2.13. The Labute approximate surface area is 171 Å². The van der Waals surface area contributed by atoms with Crippen molar-refractivity contribution in [2.45, 2.75) is 33.2 Å². The van der Waals surface area contributed by atoms with Crippen LogP contribution in [0.2, 0.25) is 0 Å². The Morgan fingerprint density at radius 2 is 1.76 bits per heavy atom. The van der Waals surface area contributed by atoms with Crippen LogP contribution >= 0.6 is 0 Å². The van der Waals surface area contributed by atoms with Crippen LogP contribution in [0.4, 0.5) is 4.79 Å². The molecule has 2 aromatic carbocycles. The Kier molecular flexibility index (Phi) is 6.89. The first kappa shape index (κ1) is 20.5. The second kappa shape index (κ2) is 9.78. The maximum Gasteiger partial charge on any atom is 0.315 e. The average molecular weight is 393 g/mol. The summed E-state index contributed by atoms with van der Waals surface area (Å²) in [5.74, 6) is 0.854. The largest absolute Gasteiger partial charge is 0.497 e. The van der Waals surface area contributed by atoms with E-state index in [1.54, 1.807) is 7.11 Å². The van der Waals surface area contributed by atoms with E-state index in [0.29, 0.717) is 13.1 Å². The van der Waals surface area contributed by atoms with Crippen molar-refractivity contribution in [3.05, 3.63) is 77.1 Å². The quantitative estimate of drug-likeness (QED) is 0.571. The Morgan fingerprint density at radius 1 is 1.03 bits per heavy atom. The van der Waals surface area contributed by atoms with Gasteiger partial charge in [0.05, 0.1) is 18.5 Å². The summed E-state index contributed by atoms with van der Waals surface area (Å²) in [5.41, 5.74) is 5.25. The highest BCUT2D eigenvalue weighted by atomic mass is 16.5.